The Morgan fingerprint density at radius 2 is 1.87 bits per heavy atom. The third kappa shape index (κ3) is 3.95. The van der Waals surface area contributed by atoms with Gasteiger partial charge in [0.15, 0.2) is 6.10 Å². The van der Waals surface area contributed by atoms with Crippen LogP contribution in [0.3, 0.4) is 0 Å². The van der Waals surface area contributed by atoms with Gasteiger partial charge < -0.3 is 14.5 Å². The molecule has 1 fully saturated rings. The fraction of sp³-hybridized carbons (Fsp3) is 0.375. The number of rotatable bonds is 5. The van der Waals surface area contributed by atoms with Crippen LogP contribution in [0.4, 0.5) is 5.69 Å². The first-order valence-electron chi connectivity index (χ1n) is 10.4. The summed E-state index contributed by atoms with van der Waals surface area (Å²) in [6.45, 7) is 4.94. The van der Waals surface area contributed by atoms with Crippen molar-refractivity contribution >= 4 is 23.5 Å². The van der Waals surface area contributed by atoms with Gasteiger partial charge in [-0.2, -0.15) is 0 Å². The van der Waals surface area contributed by atoms with E-state index in [1.807, 2.05) is 48.2 Å². The Morgan fingerprint density at radius 1 is 1.13 bits per heavy atom. The molecule has 2 aliphatic heterocycles. The van der Waals surface area contributed by atoms with Gasteiger partial charge in [0.1, 0.15) is 0 Å². The highest BCUT2D eigenvalue weighted by Gasteiger charge is 2.34. The van der Waals surface area contributed by atoms with Crippen LogP contribution >= 0.6 is 0 Å². The minimum absolute atomic E-state index is 0.0311. The summed E-state index contributed by atoms with van der Waals surface area (Å²) < 4.78 is 5.47. The van der Waals surface area contributed by atoms with Crippen molar-refractivity contribution in [1.29, 1.82) is 0 Å². The molecule has 6 heteroatoms. The van der Waals surface area contributed by atoms with Gasteiger partial charge in [-0.3, -0.25) is 9.59 Å². The molecule has 2 aliphatic rings. The Morgan fingerprint density at radius 3 is 2.57 bits per heavy atom. The maximum absolute atomic E-state index is 13.0. The van der Waals surface area contributed by atoms with Crippen molar-refractivity contribution in [2.75, 3.05) is 11.4 Å². The van der Waals surface area contributed by atoms with Crippen molar-refractivity contribution in [1.82, 2.24) is 4.90 Å². The zero-order chi connectivity index (χ0) is 21.3. The van der Waals surface area contributed by atoms with Crippen molar-refractivity contribution in [2.24, 2.45) is 0 Å². The number of fused-ring (bicyclic) bond motifs is 1. The van der Waals surface area contributed by atoms with Crippen LogP contribution in [0.25, 0.3) is 0 Å². The summed E-state index contributed by atoms with van der Waals surface area (Å²) in [7, 11) is 0. The lowest BCUT2D eigenvalue weighted by Gasteiger charge is -2.26. The van der Waals surface area contributed by atoms with Crippen LogP contribution < -0.4 is 4.90 Å². The molecule has 0 aliphatic carbocycles. The number of hydrogen-bond donors (Lipinski definition) is 0. The molecule has 0 spiro atoms. The second-order valence-electron chi connectivity index (χ2n) is 8.05. The Labute approximate surface area is 176 Å². The number of hydrogen-bond acceptors (Lipinski definition) is 4. The molecule has 2 heterocycles. The van der Waals surface area contributed by atoms with E-state index in [1.165, 1.54) is 0 Å². The molecule has 0 radical (unpaired) electrons. The number of carbonyl (C=O) groups is 3. The first kappa shape index (κ1) is 20.1. The van der Waals surface area contributed by atoms with Crippen LogP contribution in [0, 0.1) is 0 Å². The molecule has 1 saturated heterocycles. The number of ether oxygens (including phenoxy) is 1. The van der Waals surface area contributed by atoms with E-state index in [2.05, 4.69) is 0 Å². The van der Waals surface area contributed by atoms with Gasteiger partial charge >= 0.3 is 5.97 Å². The van der Waals surface area contributed by atoms with Gasteiger partial charge in [0.05, 0.1) is 5.56 Å². The van der Waals surface area contributed by atoms with E-state index in [0.29, 0.717) is 18.5 Å². The first-order valence-corrected chi connectivity index (χ1v) is 10.4. The molecule has 6 nitrogen and oxygen atoms in total. The second-order valence-corrected chi connectivity index (χ2v) is 8.05. The maximum atomic E-state index is 13.0. The minimum atomic E-state index is -0.881. The van der Waals surface area contributed by atoms with Crippen molar-refractivity contribution in [3.8, 4) is 0 Å². The van der Waals surface area contributed by atoms with Gasteiger partial charge in [-0.05, 0) is 56.0 Å². The number of amides is 2. The predicted molar refractivity (Wildman–Crippen MR) is 113 cm³/mol. The molecule has 156 valence electrons. The van der Waals surface area contributed by atoms with Crippen LogP contribution in [-0.4, -0.2) is 41.4 Å². The van der Waals surface area contributed by atoms with Gasteiger partial charge in [0, 0.05) is 31.2 Å². The van der Waals surface area contributed by atoms with Gasteiger partial charge in [0.25, 0.3) is 5.91 Å². The lowest BCUT2D eigenvalue weighted by Crippen LogP contribution is -2.43. The number of nitrogens with zero attached hydrogens (tertiary/aromatic N) is 2. The molecule has 4 rings (SSSR count). The van der Waals surface area contributed by atoms with E-state index >= 15 is 0 Å². The van der Waals surface area contributed by atoms with Gasteiger partial charge in [-0.1, -0.05) is 30.3 Å². The number of carbonyl (C=O) groups excluding carboxylic acids is 3. The van der Waals surface area contributed by atoms with Crippen LogP contribution in [-0.2, 0) is 27.3 Å². The lowest BCUT2D eigenvalue weighted by molar-refractivity contribution is -0.128. The highest BCUT2D eigenvalue weighted by Crippen LogP contribution is 2.32. The van der Waals surface area contributed by atoms with Crippen molar-refractivity contribution in [2.45, 2.75) is 51.8 Å². The van der Waals surface area contributed by atoms with Crippen molar-refractivity contribution < 1.29 is 19.1 Å². The number of anilines is 1. The molecule has 0 aromatic heterocycles. The molecule has 0 unspecified atom stereocenters. The van der Waals surface area contributed by atoms with E-state index in [4.69, 9.17) is 4.74 Å². The van der Waals surface area contributed by atoms with E-state index in [9.17, 15) is 14.4 Å². The predicted octanol–water partition coefficient (Wildman–Crippen LogP) is 3.33. The summed E-state index contributed by atoms with van der Waals surface area (Å²) >= 11 is 0. The van der Waals surface area contributed by atoms with E-state index in [-0.39, 0.29) is 17.9 Å². The monoisotopic (exact) mass is 406 g/mol. The normalized spacial score (nSPS) is 19.0. The second kappa shape index (κ2) is 8.30. The van der Waals surface area contributed by atoms with Crippen molar-refractivity contribution in [3.63, 3.8) is 0 Å². The Kier molecular flexibility index (Phi) is 5.57. The average molecular weight is 406 g/mol. The largest absolute Gasteiger partial charge is 0.449 e. The standard InChI is InChI=1S/C24H26N2O4/c1-16-14-20-6-3-4-7-21(20)26(16)23(28)17(2)30-24(29)19-11-9-18(10-12-19)15-25-13-5-8-22(25)27/h3-4,6-7,9-12,16-17H,5,8,13-15H2,1-2H3/t16-,17-/m0/s1. The van der Waals surface area contributed by atoms with E-state index in [1.54, 1.807) is 24.0 Å². The third-order valence-electron chi connectivity index (χ3n) is 5.81. The maximum Gasteiger partial charge on any atom is 0.338 e. The topological polar surface area (TPSA) is 66.9 Å². The fourth-order valence-corrected chi connectivity index (χ4v) is 4.21. The summed E-state index contributed by atoms with van der Waals surface area (Å²) in [5.41, 5.74) is 3.37. The van der Waals surface area contributed by atoms with E-state index in [0.717, 1.165) is 36.2 Å². The highest BCUT2D eigenvalue weighted by atomic mass is 16.5. The SMILES string of the molecule is C[C@H](OC(=O)c1ccc(CN2CCCC2=O)cc1)C(=O)N1c2ccccc2C[C@@H]1C. The summed E-state index contributed by atoms with van der Waals surface area (Å²) in [5.74, 6) is -0.576. The summed E-state index contributed by atoms with van der Waals surface area (Å²) in [6.07, 6.45) is 1.42. The molecular formula is C24H26N2O4. The van der Waals surface area contributed by atoms with Crippen LogP contribution in [0.15, 0.2) is 48.5 Å². The van der Waals surface area contributed by atoms with Crippen LogP contribution in [0.1, 0.15) is 48.2 Å². The number of para-hydroxylation sites is 1. The molecule has 0 bridgehead atoms. The molecule has 0 saturated carbocycles. The average Bonchev–Trinajstić information content (AvgIpc) is 3.29. The van der Waals surface area contributed by atoms with E-state index < -0.39 is 12.1 Å². The number of esters is 1. The summed E-state index contributed by atoms with van der Waals surface area (Å²) in [6, 6.07) is 14.9. The Bertz CT molecular complexity index is 969. The van der Waals surface area contributed by atoms with Crippen LogP contribution in [0.2, 0.25) is 0 Å². The molecule has 2 atom stereocenters. The molecule has 2 aromatic rings. The Hall–Kier alpha value is -3.15. The van der Waals surface area contributed by atoms with Gasteiger partial charge in [0.2, 0.25) is 5.91 Å². The number of benzene rings is 2. The molecule has 2 aromatic carbocycles. The minimum Gasteiger partial charge on any atom is -0.449 e. The summed E-state index contributed by atoms with van der Waals surface area (Å²) in [4.78, 5) is 40.8. The molecule has 2 amide bonds. The van der Waals surface area contributed by atoms with Gasteiger partial charge in [-0.25, -0.2) is 4.79 Å². The zero-order valence-corrected chi connectivity index (χ0v) is 17.3. The number of likely N-dealkylation sites (tertiary alicyclic amines) is 1. The van der Waals surface area contributed by atoms with Crippen molar-refractivity contribution in [3.05, 3.63) is 65.2 Å². The Balaban J connectivity index is 1.38. The third-order valence-corrected chi connectivity index (χ3v) is 5.81. The van der Waals surface area contributed by atoms with Gasteiger partial charge in [-0.15, -0.1) is 0 Å². The highest BCUT2D eigenvalue weighted by molar-refractivity contribution is 6.00. The lowest BCUT2D eigenvalue weighted by atomic mass is 10.1. The zero-order valence-electron chi connectivity index (χ0n) is 17.3. The quantitative estimate of drug-likeness (QED) is 0.715. The summed E-state index contributed by atoms with van der Waals surface area (Å²) in [5, 5.41) is 0. The first-order chi connectivity index (χ1) is 14.4. The molecule has 30 heavy (non-hydrogen) atoms. The smallest absolute Gasteiger partial charge is 0.338 e. The van der Waals surface area contributed by atoms with Crippen LogP contribution in [0.5, 0.6) is 0 Å². The molecular weight excluding hydrogens is 380 g/mol. The fourth-order valence-electron chi connectivity index (χ4n) is 4.21. The molecule has 0 N–H and O–H groups in total.